The van der Waals surface area contributed by atoms with Crippen molar-refractivity contribution in [3.8, 4) is 17.2 Å². The van der Waals surface area contributed by atoms with E-state index in [1.54, 1.807) is 72.7 Å². The Morgan fingerprint density at radius 2 is 1.01 bits per heavy atom. The molecule has 2 aliphatic rings. The molecule has 1 fully saturated rings. The first-order chi connectivity index (χ1) is 31.9. The Kier molecular flexibility index (Phi) is 23.1. The average Bonchev–Trinajstić information content (AvgIpc) is 3.63. The summed E-state index contributed by atoms with van der Waals surface area (Å²) in [6.45, 7) is 22.5. The molecule has 1 N–H and O–H groups in total. The predicted molar refractivity (Wildman–Crippen MR) is 251 cm³/mol. The number of hydrogen-bond donors (Lipinski definition) is 1. The number of fused-ring (bicyclic) bond motifs is 1. The number of imide groups is 2. The first-order valence-electron chi connectivity index (χ1n) is 21.4. The lowest BCUT2D eigenvalue weighted by molar-refractivity contribution is -0.199. The third-order valence-corrected chi connectivity index (χ3v) is 9.92. The van der Waals surface area contributed by atoms with Gasteiger partial charge in [0.05, 0.1) is 56.6 Å². The molecule has 0 spiro atoms. The van der Waals surface area contributed by atoms with E-state index in [0.717, 1.165) is 34.9 Å². The highest BCUT2D eigenvalue weighted by atomic mass is 35.5. The van der Waals surface area contributed by atoms with Crippen LogP contribution in [-0.2, 0) is 29.4 Å². The standard InChI is InChI=1S/C11H11NO3.C10H10F4O.C10H14O.C9H10Cl2O4S.C8H13NO3/c1-7(2)15-12-10(13)8-5-3-4-6-9(8)11(12)14;1-4(2)15-10-8(13)6(11)5(3)7(12)9(10)14;1-8(2)11-10-6-4-9(3)5-7-10;1-5(2)15-9-7(10)3-6(4-8(9)11)16(12,13)14;1-5(2)12-9-7(10)4-6(3)8(9)11/h3-7H,1-2H3;4H,1-3H3;4-8H,1-3H3;3-5H,1-2H3,(H,12,13,14);5-6H,4H2,1-3H3. The highest BCUT2D eigenvalue weighted by molar-refractivity contribution is 7.85. The zero-order chi connectivity index (χ0) is 52.8. The zero-order valence-electron chi connectivity index (χ0n) is 40.5. The maximum absolute atomic E-state index is 13.2. The Morgan fingerprint density at radius 1 is 0.609 bits per heavy atom. The number of hydroxylamine groups is 4. The summed E-state index contributed by atoms with van der Waals surface area (Å²) >= 11 is 11.6. The smallest absolute Gasteiger partial charge is 0.294 e. The number of aryl methyl sites for hydroxylation is 1. The maximum atomic E-state index is 13.2. The molecule has 4 aromatic carbocycles. The van der Waals surface area contributed by atoms with Gasteiger partial charge < -0.3 is 14.2 Å². The van der Waals surface area contributed by atoms with Crippen LogP contribution in [0.15, 0.2) is 65.6 Å². The van der Waals surface area contributed by atoms with Crippen molar-refractivity contribution in [2.24, 2.45) is 5.92 Å². The van der Waals surface area contributed by atoms with Gasteiger partial charge in [-0.05, 0) is 119 Å². The van der Waals surface area contributed by atoms with Gasteiger partial charge in [0.25, 0.3) is 33.7 Å². The molecule has 1 atom stereocenters. The van der Waals surface area contributed by atoms with E-state index in [0.29, 0.717) is 11.1 Å². The normalized spacial score (nSPS) is 14.2. The SMILES string of the molecule is CC(C)ON1C(=O)CC(C)C1=O.CC(C)ON1C(=O)c2ccccc2C1=O.CC(C)Oc1c(Cl)cc(S(=O)(=O)O)cc1Cl.Cc1c(F)c(F)c(OC(C)C)c(F)c1F.Cc1ccc(OC(C)C)cc1. The van der Waals surface area contributed by atoms with E-state index >= 15 is 0 Å². The van der Waals surface area contributed by atoms with Crippen molar-refractivity contribution >= 4 is 56.9 Å². The Hall–Kier alpha value is -5.31. The van der Waals surface area contributed by atoms with Crippen LogP contribution in [-0.4, -0.2) is 77.2 Å². The largest absolute Gasteiger partial charge is 0.491 e. The van der Waals surface area contributed by atoms with Crippen LogP contribution in [0.4, 0.5) is 17.6 Å². The second-order valence-corrected chi connectivity index (χ2v) is 18.8. The van der Waals surface area contributed by atoms with E-state index in [-0.39, 0.29) is 81.1 Å². The quantitative estimate of drug-likeness (QED) is 0.0652. The number of rotatable bonds is 11. The van der Waals surface area contributed by atoms with Crippen molar-refractivity contribution in [2.45, 2.75) is 132 Å². The maximum Gasteiger partial charge on any atom is 0.294 e. The molecule has 380 valence electrons. The number of carbonyl (C=O) groups is 4. The Labute approximate surface area is 410 Å². The van der Waals surface area contributed by atoms with Gasteiger partial charge in [-0.25, -0.2) is 8.78 Å². The van der Waals surface area contributed by atoms with Crippen molar-refractivity contribution < 1.29 is 73.6 Å². The number of halogens is 6. The Bertz CT molecular complexity index is 2460. The molecule has 2 heterocycles. The van der Waals surface area contributed by atoms with Gasteiger partial charge in [-0.15, -0.1) is 5.06 Å². The molecule has 1 saturated heterocycles. The first kappa shape index (κ1) is 59.8. The summed E-state index contributed by atoms with van der Waals surface area (Å²) in [6, 6.07) is 17.0. The summed E-state index contributed by atoms with van der Waals surface area (Å²) in [5.41, 5.74) is 1.38. The number of nitrogens with zero attached hydrogens (tertiary/aromatic N) is 2. The molecule has 4 amide bonds. The van der Waals surface area contributed by atoms with Crippen LogP contribution in [0.25, 0.3) is 0 Å². The predicted octanol–water partition coefficient (Wildman–Crippen LogP) is 11.5. The fourth-order valence-corrected chi connectivity index (χ4v) is 6.77. The summed E-state index contributed by atoms with van der Waals surface area (Å²) in [5, 5.41) is 1.78. The van der Waals surface area contributed by atoms with E-state index in [9.17, 15) is 45.2 Å². The number of carbonyl (C=O) groups excluding carboxylic acids is 4. The molecule has 6 rings (SSSR count). The molecule has 0 aromatic heterocycles. The average molecular weight is 1030 g/mol. The number of benzene rings is 4. The highest BCUT2D eigenvalue weighted by Gasteiger charge is 2.38. The molecule has 14 nitrogen and oxygen atoms in total. The monoisotopic (exact) mass is 1030 g/mol. The van der Waals surface area contributed by atoms with Crippen LogP contribution in [0.3, 0.4) is 0 Å². The third kappa shape index (κ3) is 17.9. The topological polar surface area (TPSA) is 175 Å². The van der Waals surface area contributed by atoms with Crippen molar-refractivity contribution in [3.63, 3.8) is 0 Å². The number of ether oxygens (including phenoxy) is 3. The third-order valence-electron chi connectivity index (χ3n) is 8.53. The minimum atomic E-state index is -4.32. The fourth-order valence-electron chi connectivity index (χ4n) is 5.53. The van der Waals surface area contributed by atoms with Gasteiger partial charge in [0.1, 0.15) is 5.75 Å². The molecular weight excluding hydrogens is 975 g/mol. The van der Waals surface area contributed by atoms with Crippen LogP contribution in [0.1, 0.15) is 114 Å². The van der Waals surface area contributed by atoms with Crippen LogP contribution < -0.4 is 14.2 Å². The van der Waals surface area contributed by atoms with Crippen LogP contribution in [0, 0.1) is 43.0 Å². The number of amides is 4. The minimum Gasteiger partial charge on any atom is -0.491 e. The summed E-state index contributed by atoms with van der Waals surface area (Å²) in [7, 11) is -4.32. The van der Waals surface area contributed by atoms with Crippen LogP contribution >= 0.6 is 23.2 Å². The molecule has 0 bridgehead atoms. The van der Waals surface area contributed by atoms with E-state index in [2.05, 4.69) is 23.8 Å². The Balaban J connectivity index is 0.000000298. The van der Waals surface area contributed by atoms with Gasteiger partial charge in [-0.1, -0.05) is 60.0 Å². The van der Waals surface area contributed by atoms with Gasteiger partial charge >= 0.3 is 0 Å². The van der Waals surface area contributed by atoms with Gasteiger partial charge in [-0.3, -0.25) is 33.4 Å². The molecule has 0 saturated carbocycles. The molecule has 21 heteroatoms. The van der Waals surface area contributed by atoms with Gasteiger partial charge in [0.15, 0.2) is 23.1 Å². The highest BCUT2D eigenvalue weighted by Crippen LogP contribution is 2.36. The lowest BCUT2D eigenvalue weighted by Crippen LogP contribution is -2.33. The number of hydrogen-bond acceptors (Lipinski definition) is 11. The fraction of sp³-hybridized carbons (Fsp3) is 0.417. The van der Waals surface area contributed by atoms with Crippen molar-refractivity contribution in [3.05, 3.63) is 116 Å². The van der Waals surface area contributed by atoms with E-state index < -0.39 is 50.8 Å². The summed E-state index contributed by atoms with van der Waals surface area (Å²) in [4.78, 5) is 55.6. The van der Waals surface area contributed by atoms with Crippen molar-refractivity contribution in [1.29, 1.82) is 0 Å². The first-order valence-corrected chi connectivity index (χ1v) is 23.6. The van der Waals surface area contributed by atoms with Crippen LogP contribution in [0.5, 0.6) is 17.2 Å². The van der Waals surface area contributed by atoms with Crippen molar-refractivity contribution in [2.75, 3.05) is 0 Å². The molecule has 1 unspecified atom stereocenters. The van der Waals surface area contributed by atoms with E-state index in [1.165, 1.54) is 19.4 Å². The summed E-state index contributed by atoms with van der Waals surface area (Å²) in [6.07, 6.45) is -0.527. The summed E-state index contributed by atoms with van der Waals surface area (Å²) < 4.78 is 98.4. The molecule has 2 aliphatic heterocycles. The lowest BCUT2D eigenvalue weighted by Gasteiger charge is -2.16. The van der Waals surface area contributed by atoms with Gasteiger partial charge in [0.2, 0.25) is 11.6 Å². The van der Waals surface area contributed by atoms with Crippen LogP contribution in [0.2, 0.25) is 10.0 Å². The molecular formula is C48H58Cl2F4N2O12S. The zero-order valence-corrected chi connectivity index (χ0v) is 42.8. The lowest BCUT2D eigenvalue weighted by atomic mass is 10.1. The Morgan fingerprint density at radius 3 is 1.38 bits per heavy atom. The van der Waals surface area contributed by atoms with E-state index in [1.807, 2.05) is 26.0 Å². The van der Waals surface area contributed by atoms with Crippen molar-refractivity contribution in [1.82, 2.24) is 10.1 Å². The second kappa shape index (κ2) is 26.6. The molecule has 0 aliphatic carbocycles. The second-order valence-electron chi connectivity index (χ2n) is 16.6. The van der Waals surface area contributed by atoms with Gasteiger partial charge in [-0.2, -0.15) is 22.3 Å². The van der Waals surface area contributed by atoms with E-state index in [4.69, 9.17) is 46.9 Å². The molecule has 4 aromatic rings. The molecule has 69 heavy (non-hydrogen) atoms. The molecule has 0 radical (unpaired) electrons. The van der Waals surface area contributed by atoms with Gasteiger partial charge in [0, 0.05) is 17.9 Å². The minimum absolute atomic E-state index is 0.0359. The summed E-state index contributed by atoms with van der Waals surface area (Å²) in [5.74, 6) is -7.17.